The maximum Gasteiger partial charge on any atom is 0.317 e. The fourth-order valence-corrected chi connectivity index (χ4v) is 5.86. The van der Waals surface area contributed by atoms with E-state index in [2.05, 4.69) is 52.7 Å². The molecule has 0 spiro atoms. The number of nitrogens with one attached hydrogen (secondary N) is 1. The highest BCUT2D eigenvalue weighted by molar-refractivity contribution is 5.81. The molecule has 2 aliphatic heterocycles. The molecule has 37 heavy (non-hydrogen) atoms. The van der Waals surface area contributed by atoms with Gasteiger partial charge < -0.3 is 15.1 Å². The van der Waals surface area contributed by atoms with Crippen LogP contribution in [0.1, 0.15) is 41.9 Å². The van der Waals surface area contributed by atoms with E-state index in [1.807, 2.05) is 53.4 Å². The Morgan fingerprint density at radius 1 is 0.730 bits per heavy atom. The maximum absolute atomic E-state index is 13.7. The topological polar surface area (TPSA) is 52.7 Å². The molecule has 1 N–H and O–H groups in total. The second-order valence-electron chi connectivity index (χ2n) is 10.5. The lowest BCUT2D eigenvalue weighted by molar-refractivity contribution is -0.138. The van der Waals surface area contributed by atoms with E-state index in [0.717, 1.165) is 44.3 Å². The van der Waals surface area contributed by atoms with Gasteiger partial charge in [-0.3, -0.25) is 4.79 Å². The molecule has 2 saturated heterocycles. The van der Waals surface area contributed by atoms with Crippen LogP contribution >= 0.6 is 0 Å². The Labute approximate surface area is 220 Å². The number of piperidine rings is 2. The molecule has 2 aliphatic rings. The van der Waals surface area contributed by atoms with Crippen molar-refractivity contribution in [2.75, 3.05) is 26.2 Å². The van der Waals surface area contributed by atoms with Crippen molar-refractivity contribution in [3.05, 3.63) is 108 Å². The van der Waals surface area contributed by atoms with Gasteiger partial charge in [-0.05, 0) is 48.3 Å². The Hall–Kier alpha value is -3.60. The Balaban J connectivity index is 1.22. The van der Waals surface area contributed by atoms with Crippen LogP contribution < -0.4 is 5.32 Å². The maximum atomic E-state index is 13.7. The van der Waals surface area contributed by atoms with Crippen molar-refractivity contribution in [3.63, 3.8) is 0 Å². The standard InChI is InChI=1S/C32H37N3O2/c36-31(34-18-16-26(17-19-34)20-25-10-4-1-5-11-25)30-21-29(28-14-8-3-9-15-28)23-35(24-30)32(37)33-22-27-12-6-2-7-13-27/h1-15,26,29-30H,16-24H2,(H,33,37). The van der Waals surface area contributed by atoms with Crippen LogP contribution in [0.3, 0.4) is 0 Å². The number of hydrogen-bond acceptors (Lipinski definition) is 2. The number of likely N-dealkylation sites (tertiary alicyclic amines) is 2. The van der Waals surface area contributed by atoms with Gasteiger partial charge in [0.25, 0.3) is 0 Å². The predicted molar refractivity (Wildman–Crippen MR) is 147 cm³/mol. The first kappa shape index (κ1) is 25.1. The highest BCUT2D eigenvalue weighted by Crippen LogP contribution is 2.32. The Bertz CT molecular complexity index is 1140. The highest BCUT2D eigenvalue weighted by atomic mass is 16.2. The SMILES string of the molecule is O=C(NCc1ccccc1)N1CC(C(=O)N2CCC(Cc3ccccc3)CC2)CC(c2ccccc2)C1. The van der Waals surface area contributed by atoms with Crippen LogP contribution in [0.15, 0.2) is 91.0 Å². The molecule has 0 saturated carbocycles. The monoisotopic (exact) mass is 495 g/mol. The fraction of sp³-hybridized carbons (Fsp3) is 0.375. The summed E-state index contributed by atoms with van der Waals surface area (Å²) in [5.74, 6) is 0.809. The summed E-state index contributed by atoms with van der Waals surface area (Å²) in [6.45, 7) is 3.21. The molecule has 0 aliphatic carbocycles. The zero-order valence-electron chi connectivity index (χ0n) is 21.5. The lowest BCUT2D eigenvalue weighted by Gasteiger charge is -2.40. The molecule has 0 aromatic heterocycles. The van der Waals surface area contributed by atoms with Crippen LogP contribution in [0.4, 0.5) is 4.79 Å². The zero-order chi connectivity index (χ0) is 25.5. The molecule has 192 valence electrons. The molecule has 3 amide bonds. The molecule has 0 radical (unpaired) electrons. The van der Waals surface area contributed by atoms with Gasteiger partial charge in [0, 0.05) is 38.6 Å². The molecular weight excluding hydrogens is 458 g/mol. The average molecular weight is 496 g/mol. The number of urea groups is 1. The minimum Gasteiger partial charge on any atom is -0.342 e. The van der Waals surface area contributed by atoms with E-state index < -0.39 is 0 Å². The number of carbonyl (C=O) groups excluding carboxylic acids is 2. The molecule has 0 bridgehead atoms. The zero-order valence-corrected chi connectivity index (χ0v) is 21.5. The van der Waals surface area contributed by atoms with Crippen molar-refractivity contribution in [3.8, 4) is 0 Å². The fourth-order valence-electron chi connectivity index (χ4n) is 5.86. The highest BCUT2D eigenvalue weighted by Gasteiger charge is 2.37. The summed E-state index contributed by atoms with van der Waals surface area (Å²) in [5.41, 5.74) is 3.64. The molecule has 5 heteroatoms. The summed E-state index contributed by atoms with van der Waals surface area (Å²) >= 11 is 0. The van der Waals surface area contributed by atoms with E-state index in [-0.39, 0.29) is 23.8 Å². The number of hydrogen-bond donors (Lipinski definition) is 1. The van der Waals surface area contributed by atoms with Crippen LogP contribution in [-0.2, 0) is 17.8 Å². The first-order valence-corrected chi connectivity index (χ1v) is 13.6. The lowest BCUT2D eigenvalue weighted by Crippen LogP contribution is -2.52. The van der Waals surface area contributed by atoms with E-state index in [9.17, 15) is 9.59 Å². The number of carbonyl (C=O) groups is 2. The van der Waals surface area contributed by atoms with Crippen LogP contribution in [-0.4, -0.2) is 47.9 Å². The van der Waals surface area contributed by atoms with E-state index >= 15 is 0 Å². The van der Waals surface area contributed by atoms with Gasteiger partial charge in [-0.2, -0.15) is 0 Å². The average Bonchev–Trinajstić information content (AvgIpc) is 2.97. The minimum absolute atomic E-state index is 0.0937. The van der Waals surface area contributed by atoms with E-state index in [1.165, 1.54) is 11.1 Å². The van der Waals surface area contributed by atoms with Gasteiger partial charge in [0.05, 0.1) is 5.92 Å². The van der Waals surface area contributed by atoms with Crippen molar-refractivity contribution in [2.24, 2.45) is 11.8 Å². The van der Waals surface area contributed by atoms with Crippen LogP contribution in [0.5, 0.6) is 0 Å². The second kappa shape index (κ2) is 12.1. The smallest absolute Gasteiger partial charge is 0.317 e. The molecule has 2 atom stereocenters. The van der Waals surface area contributed by atoms with E-state index in [4.69, 9.17) is 0 Å². The Kier molecular flexibility index (Phi) is 8.19. The summed E-state index contributed by atoms with van der Waals surface area (Å²) in [6.07, 6.45) is 3.94. The summed E-state index contributed by atoms with van der Waals surface area (Å²) < 4.78 is 0. The summed E-state index contributed by atoms with van der Waals surface area (Å²) in [4.78, 5) is 30.8. The number of benzene rings is 3. The quantitative estimate of drug-likeness (QED) is 0.492. The second-order valence-corrected chi connectivity index (χ2v) is 10.5. The number of amides is 3. The van der Waals surface area contributed by atoms with Gasteiger partial charge in [0.2, 0.25) is 5.91 Å². The summed E-state index contributed by atoms with van der Waals surface area (Å²) in [7, 11) is 0. The third kappa shape index (κ3) is 6.59. The van der Waals surface area contributed by atoms with Gasteiger partial charge in [-0.15, -0.1) is 0 Å². The summed E-state index contributed by atoms with van der Waals surface area (Å²) in [5, 5.41) is 3.07. The van der Waals surface area contributed by atoms with Crippen molar-refractivity contribution in [1.29, 1.82) is 0 Å². The van der Waals surface area contributed by atoms with Gasteiger partial charge >= 0.3 is 6.03 Å². The first-order valence-electron chi connectivity index (χ1n) is 13.6. The minimum atomic E-state index is -0.174. The van der Waals surface area contributed by atoms with Gasteiger partial charge in [0.1, 0.15) is 0 Å². The van der Waals surface area contributed by atoms with Gasteiger partial charge in [-0.1, -0.05) is 91.0 Å². The van der Waals surface area contributed by atoms with Crippen molar-refractivity contribution in [2.45, 2.75) is 38.1 Å². The van der Waals surface area contributed by atoms with Crippen LogP contribution in [0, 0.1) is 11.8 Å². The van der Waals surface area contributed by atoms with Crippen molar-refractivity contribution < 1.29 is 9.59 Å². The predicted octanol–water partition coefficient (Wildman–Crippen LogP) is 5.48. The van der Waals surface area contributed by atoms with E-state index in [1.54, 1.807) is 0 Å². The van der Waals surface area contributed by atoms with Gasteiger partial charge in [0.15, 0.2) is 0 Å². The normalized spacial score (nSPS) is 20.4. The van der Waals surface area contributed by atoms with Crippen molar-refractivity contribution >= 4 is 11.9 Å². The first-order chi connectivity index (χ1) is 18.2. The molecular formula is C32H37N3O2. The molecule has 2 unspecified atom stereocenters. The third-order valence-electron chi connectivity index (χ3n) is 7.94. The number of nitrogens with zero attached hydrogens (tertiary/aromatic N) is 2. The molecule has 3 aromatic carbocycles. The van der Waals surface area contributed by atoms with Gasteiger partial charge in [-0.25, -0.2) is 4.79 Å². The van der Waals surface area contributed by atoms with E-state index in [0.29, 0.717) is 25.6 Å². The summed E-state index contributed by atoms with van der Waals surface area (Å²) in [6, 6.07) is 30.8. The van der Waals surface area contributed by atoms with Crippen LogP contribution in [0.25, 0.3) is 0 Å². The molecule has 2 fully saturated rings. The molecule has 3 aromatic rings. The molecule has 5 nitrogen and oxygen atoms in total. The Morgan fingerprint density at radius 2 is 1.32 bits per heavy atom. The number of rotatable bonds is 6. The van der Waals surface area contributed by atoms with Crippen LogP contribution in [0.2, 0.25) is 0 Å². The van der Waals surface area contributed by atoms with Crippen molar-refractivity contribution in [1.82, 2.24) is 15.1 Å². The Morgan fingerprint density at radius 3 is 1.97 bits per heavy atom. The third-order valence-corrected chi connectivity index (χ3v) is 7.94. The molecule has 2 heterocycles. The molecule has 5 rings (SSSR count). The largest absolute Gasteiger partial charge is 0.342 e. The lowest BCUT2D eigenvalue weighted by atomic mass is 9.83.